The van der Waals surface area contributed by atoms with Gasteiger partial charge in [0.05, 0.1) is 11.7 Å². The van der Waals surface area contributed by atoms with Crippen LogP contribution >= 0.6 is 11.6 Å². The van der Waals surface area contributed by atoms with Gasteiger partial charge in [0.2, 0.25) is 0 Å². The van der Waals surface area contributed by atoms with E-state index in [1.807, 2.05) is 12.1 Å². The van der Waals surface area contributed by atoms with Crippen molar-refractivity contribution in [3.63, 3.8) is 0 Å². The molecule has 2 rings (SSSR count). The van der Waals surface area contributed by atoms with Crippen molar-refractivity contribution in [2.45, 2.75) is 6.04 Å². The van der Waals surface area contributed by atoms with Crippen LogP contribution in [-0.4, -0.2) is 15.0 Å². The van der Waals surface area contributed by atoms with Crippen molar-refractivity contribution in [2.24, 2.45) is 5.73 Å². The Morgan fingerprint density at radius 2 is 1.93 bits per heavy atom. The number of aromatic nitrogens is 3. The van der Waals surface area contributed by atoms with E-state index in [0.717, 1.165) is 5.56 Å². The maximum atomic E-state index is 6.01. The van der Waals surface area contributed by atoms with Crippen molar-refractivity contribution in [1.29, 1.82) is 0 Å². The summed E-state index contributed by atoms with van der Waals surface area (Å²) in [5.41, 5.74) is 7.65. The van der Waals surface area contributed by atoms with E-state index >= 15 is 0 Å². The van der Waals surface area contributed by atoms with Crippen LogP contribution in [0.4, 0.5) is 0 Å². The molecular formula is C10H9ClN4. The second kappa shape index (κ2) is 4.33. The first-order valence-electron chi connectivity index (χ1n) is 4.40. The third-order valence-electron chi connectivity index (χ3n) is 2.04. The molecule has 0 aliphatic heterocycles. The summed E-state index contributed by atoms with van der Waals surface area (Å²) in [5.74, 6) is 0. The predicted octanol–water partition coefficient (Wildman–Crippen LogP) is 1.57. The molecule has 0 bridgehead atoms. The molecule has 0 saturated heterocycles. The molecule has 2 aromatic rings. The lowest BCUT2D eigenvalue weighted by Crippen LogP contribution is -2.13. The second-order valence-corrected chi connectivity index (χ2v) is 3.41. The molecule has 0 aliphatic rings. The monoisotopic (exact) mass is 220 g/mol. The number of nitrogens with zero attached hydrogens (tertiary/aromatic N) is 3. The van der Waals surface area contributed by atoms with Crippen LogP contribution in [0, 0.1) is 0 Å². The largest absolute Gasteiger partial charge is 0.319 e. The first-order valence-corrected chi connectivity index (χ1v) is 4.78. The molecule has 0 spiro atoms. The Balaban J connectivity index is 2.32. The minimum absolute atomic E-state index is 0.298. The van der Waals surface area contributed by atoms with E-state index in [1.165, 1.54) is 6.33 Å². The first kappa shape index (κ1) is 10.0. The Hall–Kier alpha value is -1.52. The Morgan fingerprint density at radius 1 is 1.20 bits per heavy atom. The van der Waals surface area contributed by atoms with E-state index in [0.29, 0.717) is 10.8 Å². The van der Waals surface area contributed by atoms with Crippen LogP contribution in [0.3, 0.4) is 0 Å². The fraction of sp³-hybridized carbons (Fsp3) is 0.100. The van der Waals surface area contributed by atoms with Crippen LogP contribution in [0.5, 0.6) is 0 Å². The van der Waals surface area contributed by atoms with E-state index in [9.17, 15) is 0 Å². The van der Waals surface area contributed by atoms with Crippen LogP contribution in [0.1, 0.15) is 17.3 Å². The van der Waals surface area contributed by atoms with Crippen LogP contribution in [0.15, 0.2) is 36.9 Å². The van der Waals surface area contributed by atoms with Gasteiger partial charge in [0, 0.05) is 12.4 Å². The molecule has 0 saturated carbocycles. The van der Waals surface area contributed by atoms with Gasteiger partial charge in [0.25, 0.3) is 0 Å². The second-order valence-electron chi connectivity index (χ2n) is 3.02. The molecule has 2 heterocycles. The van der Waals surface area contributed by atoms with Gasteiger partial charge in [-0.15, -0.1) is 0 Å². The van der Waals surface area contributed by atoms with Crippen molar-refractivity contribution < 1.29 is 0 Å². The molecule has 1 atom stereocenters. The molecule has 0 aliphatic carbocycles. The number of hydrogen-bond donors (Lipinski definition) is 1. The zero-order chi connectivity index (χ0) is 10.7. The summed E-state index contributed by atoms with van der Waals surface area (Å²) in [6.45, 7) is 0. The van der Waals surface area contributed by atoms with E-state index in [4.69, 9.17) is 17.3 Å². The Bertz CT molecular complexity index is 446. The van der Waals surface area contributed by atoms with E-state index < -0.39 is 0 Å². The Labute approximate surface area is 92.2 Å². The van der Waals surface area contributed by atoms with Crippen LogP contribution in [0.25, 0.3) is 0 Å². The quantitative estimate of drug-likeness (QED) is 0.781. The lowest BCUT2D eigenvalue weighted by Gasteiger charge is -2.10. The lowest BCUT2D eigenvalue weighted by molar-refractivity contribution is 0.817. The fourth-order valence-corrected chi connectivity index (χ4v) is 1.41. The average molecular weight is 221 g/mol. The smallest absolute Gasteiger partial charge is 0.132 e. The molecule has 76 valence electrons. The van der Waals surface area contributed by atoms with Crippen LogP contribution < -0.4 is 5.73 Å². The topological polar surface area (TPSA) is 64.7 Å². The highest BCUT2D eigenvalue weighted by molar-refractivity contribution is 6.29. The molecule has 4 nitrogen and oxygen atoms in total. The average Bonchev–Trinajstić information content (AvgIpc) is 2.29. The van der Waals surface area contributed by atoms with Gasteiger partial charge >= 0.3 is 0 Å². The van der Waals surface area contributed by atoms with Gasteiger partial charge in [-0.1, -0.05) is 11.6 Å². The fourth-order valence-electron chi connectivity index (χ4n) is 1.26. The van der Waals surface area contributed by atoms with Gasteiger partial charge in [-0.25, -0.2) is 9.97 Å². The molecule has 0 radical (unpaired) electrons. The van der Waals surface area contributed by atoms with E-state index in [-0.39, 0.29) is 6.04 Å². The van der Waals surface area contributed by atoms with Gasteiger partial charge < -0.3 is 5.73 Å². The van der Waals surface area contributed by atoms with E-state index in [2.05, 4.69) is 15.0 Å². The molecule has 0 aromatic carbocycles. The molecule has 2 aromatic heterocycles. The highest BCUT2D eigenvalue weighted by Gasteiger charge is 2.10. The SMILES string of the molecule is NC(c1ccncc1)c1cc(Cl)ncn1. The van der Waals surface area contributed by atoms with Crippen molar-refractivity contribution in [2.75, 3.05) is 0 Å². The summed E-state index contributed by atoms with van der Waals surface area (Å²) in [7, 11) is 0. The molecule has 5 heteroatoms. The van der Waals surface area contributed by atoms with Crippen LogP contribution in [-0.2, 0) is 0 Å². The summed E-state index contributed by atoms with van der Waals surface area (Å²) in [6.07, 6.45) is 4.79. The van der Waals surface area contributed by atoms with Crippen molar-refractivity contribution in [3.05, 3.63) is 53.3 Å². The van der Waals surface area contributed by atoms with Gasteiger partial charge in [-0.2, -0.15) is 0 Å². The zero-order valence-electron chi connectivity index (χ0n) is 7.84. The van der Waals surface area contributed by atoms with Gasteiger partial charge in [0.1, 0.15) is 11.5 Å². The third kappa shape index (κ3) is 2.29. The molecule has 0 amide bonds. The molecule has 1 unspecified atom stereocenters. The highest BCUT2D eigenvalue weighted by Crippen LogP contribution is 2.17. The lowest BCUT2D eigenvalue weighted by atomic mass is 10.1. The molecule has 15 heavy (non-hydrogen) atoms. The summed E-state index contributed by atoms with van der Waals surface area (Å²) in [4.78, 5) is 11.8. The maximum absolute atomic E-state index is 6.01. The summed E-state index contributed by atoms with van der Waals surface area (Å²) >= 11 is 5.76. The molecule has 2 N–H and O–H groups in total. The maximum Gasteiger partial charge on any atom is 0.132 e. The van der Waals surface area contributed by atoms with Crippen molar-refractivity contribution in [1.82, 2.24) is 15.0 Å². The van der Waals surface area contributed by atoms with Gasteiger partial charge in [0.15, 0.2) is 0 Å². The first-order chi connectivity index (χ1) is 7.27. The van der Waals surface area contributed by atoms with Gasteiger partial charge in [-0.3, -0.25) is 4.98 Å². The Kier molecular flexibility index (Phi) is 2.89. The normalized spacial score (nSPS) is 12.4. The summed E-state index contributed by atoms with van der Waals surface area (Å²) in [5, 5.41) is 0.393. The summed E-state index contributed by atoms with van der Waals surface area (Å²) in [6, 6.07) is 5.06. The van der Waals surface area contributed by atoms with E-state index in [1.54, 1.807) is 18.5 Å². The minimum atomic E-state index is -0.298. The van der Waals surface area contributed by atoms with Gasteiger partial charge in [-0.05, 0) is 23.8 Å². The minimum Gasteiger partial charge on any atom is -0.319 e. The van der Waals surface area contributed by atoms with Crippen LogP contribution in [0.2, 0.25) is 5.15 Å². The van der Waals surface area contributed by atoms with Crippen molar-refractivity contribution in [3.8, 4) is 0 Å². The summed E-state index contributed by atoms with van der Waals surface area (Å²) < 4.78 is 0. The zero-order valence-corrected chi connectivity index (χ0v) is 8.59. The molecular weight excluding hydrogens is 212 g/mol. The number of rotatable bonds is 2. The third-order valence-corrected chi connectivity index (χ3v) is 2.25. The Morgan fingerprint density at radius 3 is 2.60 bits per heavy atom. The van der Waals surface area contributed by atoms with Crippen molar-refractivity contribution >= 4 is 11.6 Å². The number of halogens is 1. The predicted molar refractivity (Wildman–Crippen MR) is 57.3 cm³/mol. The molecule has 0 fully saturated rings. The number of nitrogens with two attached hydrogens (primary N) is 1. The number of pyridine rings is 1. The standard InChI is InChI=1S/C10H9ClN4/c11-9-5-8(14-6-15-9)10(12)7-1-3-13-4-2-7/h1-6,10H,12H2. The number of hydrogen-bond acceptors (Lipinski definition) is 4. The highest BCUT2D eigenvalue weighted by atomic mass is 35.5.